The van der Waals surface area contributed by atoms with Crippen molar-refractivity contribution in [3.63, 3.8) is 0 Å². The standard InChI is InChI=1S/C18H22FN3O3/c1-13(23)20-6-8-21(9-7-20)18(25)15-10-17(24)22(12-15)11-14-2-4-16(19)5-3-14/h2-5,15H,6-12H2,1H3. The highest BCUT2D eigenvalue weighted by Crippen LogP contribution is 2.23. The molecule has 1 aromatic rings. The minimum atomic E-state index is -0.336. The molecule has 7 heteroatoms. The lowest BCUT2D eigenvalue weighted by Gasteiger charge is -2.35. The van der Waals surface area contributed by atoms with E-state index in [1.54, 1.807) is 26.8 Å². The molecule has 2 aliphatic heterocycles. The van der Waals surface area contributed by atoms with Crippen LogP contribution in [0.4, 0.5) is 4.39 Å². The van der Waals surface area contributed by atoms with Crippen molar-refractivity contribution in [2.24, 2.45) is 5.92 Å². The molecule has 25 heavy (non-hydrogen) atoms. The topological polar surface area (TPSA) is 60.9 Å². The van der Waals surface area contributed by atoms with Crippen molar-refractivity contribution in [2.75, 3.05) is 32.7 Å². The van der Waals surface area contributed by atoms with Gasteiger partial charge < -0.3 is 14.7 Å². The van der Waals surface area contributed by atoms with Gasteiger partial charge in [-0.3, -0.25) is 14.4 Å². The van der Waals surface area contributed by atoms with Gasteiger partial charge in [-0.2, -0.15) is 0 Å². The fourth-order valence-corrected chi connectivity index (χ4v) is 3.40. The second-order valence-electron chi connectivity index (χ2n) is 6.63. The van der Waals surface area contributed by atoms with Gasteiger partial charge in [0.05, 0.1) is 5.92 Å². The van der Waals surface area contributed by atoms with E-state index in [-0.39, 0.29) is 35.9 Å². The molecule has 3 amide bonds. The van der Waals surface area contributed by atoms with Crippen LogP contribution < -0.4 is 0 Å². The number of hydrogen-bond donors (Lipinski definition) is 0. The molecular formula is C18H22FN3O3. The summed E-state index contributed by atoms with van der Waals surface area (Å²) in [7, 11) is 0. The van der Waals surface area contributed by atoms with Crippen LogP contribution in [0.1, 0.15) is 18.9 Å². The highest BCUT2D eigenvalue weighted by molar-refractivity contribution is 5.89. The number of carbonyl (C=O) groups is 3. The maximum Gasteiger partial charge on any atom is 0.228 e. The van der Waals surface area contributed by atoms with Gasteiger partial charge in [0, 0.05) is 52.6 Å². The number of benzene rings is 1. The lowest BCUT2D eigenvalue weighted by molar-refractivity contribution is -0.141. The summed E-state index contributed by atoms with van der Waals surface area (Å²) in [6, 6.07) is 6.04. The first kappa shape index (κ1) is 17.4. The van der Waals surface area contributed by atoms with Crippen LogP contribution in [0.2, 0.25) is 0 Å². The molecule has 0 N–H and O–H groups in total. The van der Waals surface area contributed by atoms with Gasteiger partial charge in [-0.25, -0.2) is 4.39 Å². The van der Waals surface area contributed by atoms with Crippen LogP contribution in [0.15, 0.2) is 24.3 Å². The monoisotopic (exact) mass is 347 g/mol. The molecule has 0 bridgehead atoms. The first-order chi connectivity index (χ1) is 11.9. The summed E-state index contributed by atoms with van der Waals surface area (Å²) in [6.45, 7) is 4.42. The van der Waals surface area contributed by atoms with E-state index in [0.717, 1.165) is 5.56 Å². The van der Waals surface area contributed by atoms with Gasteiger partial charge in [-0.15, -0.1) is 0 Å². The Morgan fingerprint density at radius 1 is 1.08 bits per heavy atom. The smallest absolute Gasteiger partial charge is 0.228 e. The summed E-state index contributed by atoms with van der Waals surface area (Å²) in [4.78, 5) is 41.4. The van der Waals surface area contributed by atoms with E-state index in [2.05, 4.69) is 0 Å². The number of halogens is 1. The van der Waals surface area contributed by atoms with Crippen molar-refractivity contribution >= 4 is 17.7 Å². The Morgan fingerprint density at radius 3 is 2.28 bits per heavy atom. The van der Waals surface area contributed by atoms with Gasteiger partial charge in [-0.1, -0.05) is 12.1 Å². The van der Waals surface area contributed by atoms with Crippen LogP contribution in [-0.4, -0.2) is 65.1 Å². The Kier molecular flexibility index (Phi) is 5.01. The van der Waals surface area contributed by atoms with Crippen LogP contribution in [-0.2, 0) is 20.9 Å². The lowest BCUT2D eigenvalue weighted by Crippen LogP contribution is -2.51. The van der Waals surface area contributed by atoms with Gasteiger partial charge in [0.25, 0.3) is 0 Å². The van der Waals surface area contributed by atoms with Crippen molar-refractivity contribution < 1.29 is 18.8 Å². The maximum atomic E-state index is 13.0. The van der Waals surface area contributed by atoms with Gasteiger partial charge >= 0.3 is 0 Å². The summed E-state index contributed by atoms with van der Waals surface area (Å²) in [5.41, 5.74) is 0.845. The van der Waals surface area contributed by atoms with Crippen molar-refractivity contribution in [1.29, 1.82) is 0 Å². The van der Waals surface area contributed by atoms with Crippen LogP contribution in [0.3, 0.4) is 0 Å². The summed E-state index contributed by atoms with van der Waals surface area (Å²) in [6.07, 6.45) is 0.215. The largest absolute Gasteiger partial charge is 0.339 e. The van der Waals surface area contributed by atoms with Crippen molar-refractivity contribution in [3.05, 3.63) is 35.6 Å². The molecule has 1 unspecified atom stereocenters. The maximum absolute atomic E-state index is 13.0. The fraction of sp³-hybridized carbons (Fsp3) is 0.500. The van der Waals surface area contributed by atoms with E-state index in [4.69, 9.17) is 0 Å². The molecule has 134 valence electrons. The molecule has 0 aromatic heterocycles. The summed E-state index contributed by atoms with van der Waals surface area (Å²) >= 11 is 0. The van der Waals surface area contributed by atoms with E-state index in [1.807, 2.05) is 0 Å². The highest BCUT2D eigenvalue weighted by Gasteiger charge is 2.37. The predicted octanol–water partition coefficient (Wildman–Crippen LogP) is 0.865. The third-order valence-electron chi connectivity index (χ3n) is 4.89. The molecule has 1 aromatic carbocycles. The first-order valence-corrected chi connectivity index (χ1v) is 8.50. The second-order valence-corrected chi connectivity index (χ2v) is 6.63. The summed E-state index contributed by atoms with van der Waals surface area (Å²) in [5, 5.41) is 0. The molecule has 2 fully saturated rings. The Morgan fingerprint density at radius 2 is 1.68 bits per heavy atom. The first-order valence-electron chi connectivity index (χ1n) is 8.50. The van der Waals surface area contributed by atoms with Gasteiger partial charge in [0.1, 0.15) is 5.82 Å². The molecule has 0 radical (unpaired) electrons. The third-order valence-corrected chi connectivity index (χ3v) is 4.89. The summed E-state index contributed by atoms with van der Waals surface area (Å²) < 4.78 is 13.0. The molecule has 0 spiro atoms. The Bertz CT molecular complexity index is 669. The lowest BCUT2D eigenvalue weighted by atomic mass is 10.1. The average Bonchev–Trinajstić information content (AvgIpc) is 2.97. The van der Waals surface area contributed by atoms with Crippen LogP contribution in [0, 0.1) is 11.7 Å². The number of rotatable bonds is 3. The number of hydrogen-bond acceptors (Lipinski definition) is 3. The van der Waals surface area contributed by atoms with E-state index < -0.39 is 0 Å². The molecular weight excluding hydrogens is 325 g/mol. The number of nitrogens with zero attached hydrogens (tertiary/aromatic N) is 3. The van der Waals surface area contributed by atoms with Gasteiger partial charge in [0.15, 0.2) is 0 Å². The van der Waals surface area contributed by atoms with E-state index in [0.29, 0.717) is 39.3 Å². The number of carbonyl (C=O) groups excluding carboxylic acids is 3. The number of amides is 3. The minimum absolute atomic E-state index is 0.0156. The fourth-order valence-electron chi connectivity index (χ4n) is 3.40. The molecule has 6 nitrogen and oxygen atoms in total. The second kappa shape index (κ2) is 7.21. The Balaban J connectivity index is 1.56. The Labute approximate surface area is 146 Å². The van der Waals surface area contributed by atoms with Crippen molar-refractivity contribution in [1.82, 2.24) is 14.7 Å². The molecule has 2 heterocycles. The van der Waals surface area contributed by atoms with E-state index in [9.17, 15) is 18.8 Å². The Hall–Kier alpha value is -2.44. The van der Waals surface area contributed by atoms with Crippen LogP contribution >= 0.6 is 0 Å². The zero-order valence-electron chi connectivity index (χ0n) is 14.3. The zero-order valence-corrected chi connectivity index (χ0v) is 14.3. The number of piperazine rings is 1. The normalized spacial score (nSPS) is 21.0. The third kappa shape index (κ3) is 3.97. The SMILES string of the molecule is CC(=O)N1CCN(C(=O)C2CC(=O)N(Cc3ccc(F)cc3)C2)CC1. The minimum Gasteiger partial charge on any atom is -0.339 e. The molecule has 2 aliphatic rings. The zero-order chi connectivity index (χ0) is 18.0. The molecule has 1 atom stereocenters. The van der Waals surface area contributed by atoms with Crippen molar-refractivity contribution in [3.8, 4) is 0 Å². The molecule has 3 rings (SSSR count). The molecule has 0 saturated carbocycles. The summed E-state index contributed by atoms with van der Waals surface area (Å²) in [5.74, 6) is -0.692. The van der Waals surface area contributed by atoms with Crippen LogP contribution in [0.25, 0.3) is 0 Å². The van der Waals surface area contributed by atoms with E-state index in [1.165, 1.54) is 19.1 Å². The predicted molar refractivity (Wildman–Crippen MR) is 88.8 cm³/mol. The average molecular weight is 347 g/mol. The quantitative estimate of drug-likeness (QED) is 0.815. The number of likely N-dealkylation sites (tertiary alicyclic amines) is 1. The molecule has 2 saturated heterocycles. The van der Waals surface area contributed by atoms with E-state index >= 15 is 0 Å². The van der Waals surface area contributed by atoms with Gasteiger partial charge in [0.2, 0.25) is 17.7 Å². The van der Waals surface area contributed by atoms with Crippen LogP contribution in [0.5, 0.6) is 0 Å². The highest BCUT2D eigenvalue weighted by atomic mass is 19.1. The van der Waals surface area contributed by atoms with Gasteiger partial charge in [-0.05, 0) is 17.7 Å². The van der Waals surface area contributed by atoms with Crippen molar-refractivity contribution in [2.45, 2.75) is 19.9 Å². The molecule has 0 aliphatic carbocycles.